The van der Waals surface area contributed by atoms with Gasteiger partial charge in [0.15, 0.2) is 0 Å². The Hall–Kier alpha value is -2.43. The number of benzene rings is 2. The molecule has 1 heterocycles. The van der Waals surface area contributed by atoms with Gasteiger partial charge in [0.05, 0.1) is 28.9 Å². The minimum Gasteiger partial charge on any atom is -0.496 e. The number of para-hydroxylation sites is 1. The molecule has 1 N–H and O–H groups in total. The molecule has 0 unspecified atom stereocenters. The molecule has 3 rings (SSSR count). The lowest BCUT2D eigenvalue weighted by atomic mass is 9.95. The summed E-state index contributed by atoms with van der Waals surface area (Å²) in [7, 11) is -6.18. The van der Waals surface area contributed by atoms with Crippen LogP contribution in [-0.2, 0) is 31.4 Å². The fraction of sp³-hybridized carbons (Fsp3) is 0.350. The summed E-state index contributed by atoms with van der Waals surface area (Å²) in [5, 5.41) is 0. The van der Waals surface area contributed by atoms with Crippen molar-refractivity contribution in [1.29, 1.82) is 0 Å². The van der Waals surface area contributed by atoms with E-state index < -0.39 is 31.4 Å². The fourth-order valence-corrected chi connectivity index (χ4v) is 6.75. The van der Waals surface area contributed by atoms with E-state index in [0.717, 1.165) is 4.31 Å². The maximum atomic E-state index is 12.8. The van der Waals surface area contributed by atoms with E-state index in [1.54, 1.807) is 45.0 Å². The lowest BCUT2D eigenvalue weighted by molar-refractivity contribution is -0.123. The van der Waals surface area contributed by atoms with Crippen molar-refractivity contribution < 1.29 is 26.4 Å². The number of aryl methyl sites for hydroxylation is 1. The van der Waals surface area contributed by atoms with Crippen molar-refractivity contribution in [2.75, 3.05) is 17.2 Å². The molecular formula is C20H24N2O6S2. The van der Waals surface area contributed by atoms with Gasteiger partial charge in [-0.15, -0.1) is 0 Å². The third kappa shape index (κ3) is 4.07. The number of nitrogens with zero attached hydrogens (tertiary/aromatic N) is 1. The molecule has 2 aromatic carbocycles. The molecule has 0 aromatic heterocycles. The Morgan fingerprint density at radius 1 is 1.17 bits per heavy atom. The van der Waals surface area contributed by atoms with E-state index in [4.69, 9.17) is 4.74 Å². The smallest absolute Gasteiger partial charge is 0.247 e. The molecule has 1 aliphatic heterocycles. The molecule has 0 bridgehead atoms. The van der Waals surface area contributed by atoms with Gasteiger partial charge in [-0.2, -0.15) is 0 Å². The van der Waals surface area contributed by atoms with Crippen molar-refractivity contribution in [1.82, 2.24) is 4.72 Å². The second-order valence-corrected chi connectivity index (χ2v) is 11.3. The first kappa shape index (κ1) is 22.3. The molecule has 0 aliphatic carbocycles. The summed E-state index contributed by atoms with van der Waals surface area (Å²) in [5.74, 6) is -0.266. The molecule has 1 saturated heterocycles. The van der Waals surface area contributed by atoms with E-state index in [-0.39, 0.29) is 22.9 Å². The third-order valence-electron chi connectivity index (χ3n) is 4.91. The molecule has 8 nitrogen and oxygen atoms in total. The van der Waals surface area contributed by atoms with Crippen molar-refractivity contribution >= 4 is 31.6 Å². The van der Waals surface area contributed by atoms with E-state index in [1.165, 1.54) is 25.3 Å². The Kier molecular flexibility index (Phi) is 5.70. The number of ether oxygens (including phenoxy) is 1. The topological polar surface area (TPSA) is 110 Å². The SMILES string of the molecule is COc1ccccc1CNS(=O)(=O)c1ccc(N2C(=O)C(C)(C)CS2(=O)=O)cc1C. The zero-order valence-electron chi connectivity index (χ0n) is 17.2. The highest BCUT2D eigenvalue weighted by molar-refractivity contribution is 7.94. The van der Waals surface area contributed by atoms with Gasteiger partial charge in [-0.1, -0.05) is 18.2 Å². The molecule has 1 aliphatic rings. The van der Waals surface area contributed by atoms with Crippen LogP contribution < -0.4 is 13.8 Å². The Morgan fingerprint density at radius 2 is 1.83 bits per heavy atom. The van der Waals surface area contributed by atoms with E-state index in [0.29, 0.717) is 16.9 Å². The third-order valence-corrected chi connectivity index (χ3v) is 8.49. The lowest BCUT2D eigenvalue weighted by Crippen LogP contribution is -2.33. The average Bonchev–Trinajstić information content (AvgIpc) is 2.82. The first-order valence-corrected chi connectivity index (χ1v) is 12.3. The summed E-state index contributed by atoms with van der Waals surface area (Å²) < 4.78 is 59.1. The summed E-state index contributed by atoms with van der Waals surface area (Å²) in [6, 6.07) is 11.1. The first-order valence-electron chi connectivity index (χ1n) is 9.19. The standard InChI is InChI=1S/C20H24N2O6S2/c1-14-11-16(22-19(23)20(2,3)13-29(22,24)25)9-10-18(14)30(26,27)21-12-15-7-5-6-8-17(15)28-4/h5-11,21H,12-13H2,1-4H3. The van der Waals surface area contributed by atoms with Crippen LogP contribution in [0.5, 0.6) is 5.75 Å². The predicted octanol–water partition coefficient (Wildman–Crippen LogP) is 2.18. The molecule has 10 heteroatoms. The van der Waals surface area contributed by atoms with Crippen LogP contribution in [0.3, 0.4) is 0 Å². The number of anilines is 1. The molecule has 162 valence electrons. The first-order chi connectivity index (χ1) is 13.9. The zero-order valence-corrected chi connectivity index (χ0v) is 18.8. The van der Waals surface area contributed by atoms with Gasteiger partial charge >= 0.3 is 0 Å². The van der Waals surface area contributed by atoms with Gasteiger partial charge in [0.2, 0.25) is 26.0 Å². The van der Waals surface area contributed by atoms with Crippen molar-refractivity contribution in [3.63, 3.8) is 0 Å². The lowest BCUT2D eigenvalue weighted by Gasteiger charge is -2.19. The maximum absolute atomic E-state index is 12.8. The number of nitrogens with one attached hydrogen (secondary N) is 1. The van der Waals surface area contributed by atoms with E-state index in [1.807, 2.05) is 0 Å². The number of hydrogen-bond donors (Lipinski definition) is 1. The molecule has 1 amide bonds. The molecule has 0 radical (unpaired) electrons. The normalized spacial score (nSPS) is 17.9. The zero-order chi connectivity index (χ0) is 22.3. The number of rotatable bonds is 6. The molecule has 0 saturated carbocycles. The van der Waals surface area contributed by atoms with Crippen LogP contribution in [-0.4, -0.2) is 35.6 Å². The highest BCUT2D eigenvalue weighted by Gasteiger charge is 2.50. The minimum atomic E-state index is -3.88. The predicted molar refractivity (Wildman–Crippen MR) is 113 cm³/mol. The summed E-state index contributed by atoms with van der Waals surface area (Å²) in [6.07, 6.45) is 0. The highest BCUT2D eigenvalue weighted by Crippen LogP contribution is 2.36. The fourth-order valence-electron chi connectivity index (χ4n) is 3.42. The van der Waals surface area contributed by atoms with Gasteiger partial charge in [0, 0.05) is 12.1 Å². The Labute approximate surface area is 177 Å². The quantitative estimate of drug-likeness (QED) is 0.719. The number of amides is 1. The van der Waals surface area contributed by atoms with Crippen molar-refractivity contribution in [2.45, 2.75) is 32.2 Å². The van der Waals surface area contributed by atoms with Crippen LogP contribution in [0.2, 0.25) is 0 Å². The van der Waals surface area contributed by atoms with Gasteiger partial charge in [0.25, 0.3) is 0 Å². The summed E-state index contributed by atoms with van der Waals surface area (Å²) in [4.78, 5) is 12.6. The van der Waals surface area contributed by atoms with E-state index in [2.05, 4.69) is 4.72 Å². The van der Waals surface area contributed by atoms with E-state index in [9.17, 15) is 21.6 Å². The number of sulfonamides is 2. The van der Waals surface area contributed by atoms with Crippen molar-refractivity contribution in [2.24, 2.45) is 5.41 Å². The monoisotopic (exact) mass is 452 g/mol. The van der Waals surface area contributed by atoms with Gasteiger partial charge in [-0.25, -0.2) is 25.9 Å². The van der Waals surface area contributed by atoms with Gasteiger partial charge < -0.3 is 4.74 Å². The van der Waals surface area contributed by atoms with E-state index >= 15 is 0 Å². The van der Waals surface area contributed by atoms with Crippen LogP contribution in [0.15, 0.2) is 47.4 Å². The molecule has 30 heavy (non-hydrogen) atoms. The maximum Gasteiger partial charge on any atom is 0.247 e. The Balaban J connectivity index is 1.89. The van der Waals surface area contributed by atoms with Crippen LogP contribution in [0.25, 0.3) is 0 Å². The Bertz CT molecular complexity index is 1200. The second kappa shape index (κ2) is 7.68. The molecule has 1 fully saturated rings. The number of methoxy groups -OCH3 is 1. The summed E-state index contributed by atoms with van der Waals surface area (Å²) in [6.45, 7) is 4.72. The largest absolute Gasteiger partial charge is 0.496 e. The number of carbonyl (C=O) groups excluding carboxylic acids is 1. The van der Waals surface area contributed by atoms with Crippen LogP contribution >= 0.6 is 0 Å². The van der Waals surface area contributed by atoms with Crippen LogP contribution in [0, 0.1) is 12.3 Å². The van der Waals surface area contributed by atoms with Crippen molar-refractivity contribution in [3.05, 3.63) is 53.6 Å². The summed E-state index contributed by atoms with van der Waals surface area (Å²) in [5.41, 5.74) is 0.0988. The molecule has 0 spiro atoms. The Morgan fingerprint density at radius 3 is 2.40 bits per heavy atom. The number of carbonyl (C=O) groups is 1. The van der Waals surface area contributed by atoms with Gasteiger partial charge in [0.1, 0.15) is 5.75 Å². The minimum absolute atomic E-state index is 0.00412. The highest BCUT2D eigenvalue weighted by atomic mass is 32.2. The van der Waals surface area contributed by atoms with Gasteiger partial charge in [-0.3, -0.25) is 4.79 Å². The second-order valence-electron chi connectivity index (χ2n) is 7.80. The average molecular weight is 453 g/mol. The molecule has 0 atom stereocenters. The molecular weight excluding hydrogens is 428 g/mol. The summed E-state index contributed by atoms with van der Waals surface area (Å²) >= 11 is 0. The molecule has 2 aromatic rings. The van der Waals surface area contributed by atoms with Crippen LogP contribution in [0.4, 0.5) is 5.69 Å². The van der Waals surface area contributed by atoms with Gasteiger partial charge in [-0.05, 0) is 50.6 Å². The number of hydrogen-bond acceptors (Lipinski definition) is 6. The van der Waals surface area contributed by atoms with Crippen LogP contribution in [0.1, 0.15) is 25.0 Å². The van der Waals surface area contributed by atoms with Crippen molar-refractivity contribution in [3.8, 4) is 5.75 Å².